The maximum absolute atomic E-state index is 11.1. The number of benzene rings is 4. The third-order valence-electron chi connectivity index (χ3n) is 7.84. The van der Waals surface area contributed by atoms with Crippen molar-refractivity contribution in [1.82, 2.24) is 15.0 Å². The van der Waals surface area contributed by atoms with Gasteiger partial charge in [0, 0.05) is 70.6 Å². The molecule has 0 aliphatic rings. The van der Waals surface area contributed by atoms with Crippen LogP contribution in [0.5, 0.6) is 17.2 Å². The summed E-state index contributed by atoms with van der Waals surface area (Å²) < 4.78 is 0. The first-order valence-corrected chi connectivity index (χ1v) is 14.4. The number of hydrogen-bond acceptors (Lipinski definition) is 6. The van der Waals surface area contributed by atoms with E-state index in [1.54, 1.807) is 55.4 Å². The van der Waals surface area contributed by atoms with Gasteiger partial charge in [0.05, 0.1) is 0 Å². The Morgan fingerprint density at radius 3 is 0.911 bits per heavy atom. The zero-order valence-corrected chi connectivity index (χ0v) is 24.0. The number of pyridine rings is 3. The van der Waals surface area contributed by atoms with Crippen LogP contribution < -0.4 is 0 Å². The molecule has 0 fully saturated rings. The second-order valence-electron chi connectivity index (χ2n) is 10.6. The molecule has 7 rings (SSSR count). The lowest BCUT2D eigenvalue weighted by Gasteiger charge is -2.19. The number of phenolic OH excluding ortho intramolecular Hbond substituents is 3. The zero-order valence-electron chi connectivity index (χ0n) is 24.0. The van der Waals surface area contributed by atoms with E-state index in [0.717, 1.165) is 50.1 Å². The smallest absolute Gasteiger partial charge is 0.124 e. The molecular weight excluding hydrogens is 558 g/mol. The van der Waals surface area contributed by atoms with E-state index < -0.39 is 0 Å². The van der Waals surface area contributed by atoms with Gasteiger partial charge in [-0.15, -0.1) is 0 Å². The van der Waals surface area contributed by atoms with Crippen molar-refractivity contribution < 1.29 is 15.3 Å². The van der Waals surface area contributed by atoms with Crippen LogP contribution in [0.3, 0.4) is 0 Å². The summed E-state index contributed by atoms with van der Waals surface area (Å²) in [7, 11) is 0. The van der Waals surface area contributed by atoms with Crippen molar-refractivity contribution in [2.24, 2.45) is 0 Å². The van der Waals surface area contributed by atoms with E-state index in [2.05, 4.69) is 33.2 Å². The average molecular weight is 586 g/mol. The first kappa shape index (κ1) is 27.6. The van der Waals surface area contributed by atoms with Crippen molar-refractivity contribution in [3.05, 3.63) is 146 Å². The molecule has 3 heterocycles. The van der Waals surface area contributed by atoms with E-state index in [9.17, 15) is 15.3 Å². The predicted octanol–water partition coefficient (Wildman–Crippen LogP) is 8.99. The summed E-state index contributed by atoms with van der Waals surface area (Å²) in [6.07, 6.45) is 10.3. The molecule has 6 heteroatoms. The minimum absolute atomic E-state index is 0.134. The monoisotopic (exact) mass is 585 g/mol. The molecule has 0 aliphatic heterocycles. The number of nitrogens with zero attached hydrogens (tertiary/aromatic N) is 3. The Kier molecular flexibility index (Phi) is 7.21. The topological polar surface area (TPSA) is 99.4 Å². The van der Waals surface area contributed by atoms with Crippen molar-refractivity contribution in [3.63, 3.8) is 0 Å². The number of aromatic hydroxyl groups is 3. The van der Waals surface area contributed by atoms with Crippen LogP contribution in [0.15, 0.2) is 146 Å². The van der Waals surface area contributed by atoms with E-state index >= 15 is 0 Å². The van der Waals surface area contributed by atoms with Crippen molar-refractivity contribution >= 4 is 0 Å². The maximum atomic E-state index is 11.1. The summed E-state index contributed by atoms with van der Waals surface area (Å²) >= 11 is 0. The van der Waals surface area contributed by atoms with Crippen LogP contribution in [0.4, 0.5) is 0 Å². The normalized spacial score (nSPS) is 10.9. The highest BCUT2D eigenvalue weighted by atomic mass is 16.3. The van der Waals surface area contributed by atoms with Crippen LogP contribution in [0.2, 0.25) is 0 Å². The predicted molar refractivity (Wildman–Crippen MR) is 177 cm³/mol. The van der Waals surface area contributed by atoms with E-state index in [1.165, 1.54) is 0 Å². The van der Waals surface area contributed by atoms with Gasteiger partial charge in [-0.2, -0.15) is 0 Å². The molecule has 6 nitrogen and oxygen atoms in total. The minimum atomic E-state index is 0.134. The number of rotatable bonds is 6. The average Bonchev–Trinajstić information content (AvgIpc) is 3.09. The standard InChI is InChI=1S/C39H27N3O3/c43-34-13-1-10-31(37(34)25-7-4-16-40-22-25)28-19-29(32-11-2-14-35(44)38(32)26-8-5-17-41-23-26)21-30(20-28)33-12-3-15-36(45)39(33)27-9-6-18-42-24-27/h1-24,43-45H. The summed E-state index contributed by atoms with van der Waals surface area (Å²) in [4.78, 5) is 12.9. The fourth-order valence-electron chi connectivity index (χ4n) is 5.88. The van der Waals surface area contributed by atoms with Gasteiger partial charge < -0.3 is 15.3 Å². The number of phenols is 3. The zero-order chi connectivity index (χ0) is 30.8. The molecule has 0 unspecified atom stereocenters. The molecule has 216 valence electrons. The third-order valence-corrected chi connectivity index (χ3v) is 7.84. The summed E-state index contributed by atoms with van der Waals surface area (Å²) in [5.41, 5.74) is 9.20. The van der Waals surface area contributed by atoms with Crippen molar-refractivity contribution in [2.75, 3.05) is 0 Å². The number of hydrogen-bond donors (Lipinski definition) is 3. The Hall–Kier alpha value is -6.27. The molecule has 7 aromatic rings. The molecule has 0 amide bonds. The Morgan fingerprint density at radius 1 is 0.333 bits per heavy atom. The first-order chi connectivity index (χ1) is 22.1. The highest BCUT2D eigenvalue weighted by molar-refractivity contribution is 5.96. The highest BCUT2D eigenvalue weighted by Gasteiger charge is 2.20. The van der Waals surface area contributed by atoms with Crippen LogP contribution in [0.1, 0.15) is 0 Å². The van der Waals surface area contributed by atoms with Gasteiger partial charge in [-0.1, -0.05) is 54.6 Å². The summed E-state index contributed by atoms with van der Waals surface area (Å²) in [5.74, 6) is 0.401. The fraction of sp³-hybridized carbons (Fsp3) is 0. The molecule has 0 aliphatic carbocycles. The van der Waals surface area contributed by atoms with Crippen LogP contribution in [-0.4, -0.2) is 30.3 Å². The van der Waals surface area contributed by atoms with Crippen molar-refractivity contribution in [3.8, 4) is 84.0 Å². The second-order valence-corrected chi connectivity index (χ2v) is 10.6. The third kappa shape index (κ3) is 5.26. The lowest BCUT2D eigenvalue weighted by molar-refractivity contribution is 0.477. The maximum Gasteiger partial charge on any atom is 0.124 e. The molecule has 0 bridgehead atoms. The summed E-state index contributed by atoms with van der Waals surface area (Å²) in [6.45, 7) is 0. The molecule has 0 radical (unpaired) electrons. The Labute approximate surface area is 260 Å². The van der Waals surface area contributed by atoms with Crippen LogP contribution in [0.25, 0.3) is 66.8 Å². The van der Waals surface area contributed by atoms with Gasteiger partial charge in [-0.05, 0) is 88.0 Å². The molecular formula is C39H27N3O3. The molecule has 0 saturated heterocycles. The van der Waals surface area contributed by atoms with E-state index in [-0.39, 0.29) is 17.2 Å². The SMILES string of the molecule is Oc1cccc(-c2cc(-c3cccc(O)c3-c3cccnc3)cc(-c3cccc(O)c3-c3cccnc3)c2)c1-c1cccnc1. The van der Waals surface area contributed by atoms with Gasteiger partial charge in [-0.25, -0.2) is 0 Å². The molecule has 3 aromatic heterocycles. The quantitative estimate of drug-likeness (QED) is 0.180. The first-order valence-electron chi connectivity index (χ1n) is 14.4. The van der Waals surface area contributed by atoms with Gasteiger partial charge in [0.2, 0.25) is 0 Å². The van der Waals surface area contributed by atoms with Gasteiger partial charge in [0.15, 0.2) is 0 Å². The summed E-state index contributed by atoms with van der Waals surface area (Å²) in [6, 6.07) is 33.8. The van der Waals surface area contributed by atoms with E-state index in [4.69, 9.17) is 0 Å². The van der Waals surface area contributed by atoms with Crippen molar-refractivity contribution in [1.29, 1.82) is 0 Å². The number of aromatic nitrogens is 3. The Bertz CT molecular complexity index is 1880. The van der Waals surface area contributed by atoms with E-state index in [0.29, 0.717) is 16.7 Å². The van der Waals surface area contributed by atoms with Crippen LogP contribution in [0, 0.1) is 0 Å². The minimum Gasteiger partial charge on any atom is -0.507 e. The highest BCUT2D eigenvalue weighted by Crippen LogP contribution is 2.46. The molecule has 0 atom stereocenters. The summed E-state index contributed by atoms with van der Waals surface area (Å²) in [5, 5.41) is 33.4. The molecule has 0 saturated carbocycles. The fourth-order valence-corrected chi connectivity index (χ4v) is 5.88. The Morgan fingerprint density at radius 2 is 0.644 bits per heavy atom. The largest absolute Gasteiger partial charge is 0.507 e. The Balaban J connectivity index is 1.55. The van der Waals surface area contributed by atoms with Gasteiger partial charge >= 0.3 is 0 Å². The molecule has 3 N–H and O–H groups in total. The van der Waals surface area contributed by atoms with E-state index in [1.807, 2.05) is 72.8 Å². The van der Waals surface area contributed by atoms with Gasteiger partial charge in [-0.3, -0.25) is 15.0 Å². The van der Waals surface area contributed by atoms with Crippen LogP contribution in [-0.2, 0) is 0 Å². The lowest BCUT2D eigenvalue weighted by atomic mass is 9.86. The van der Waals surface area contributed by atoms with Gasteiger partial charge in [0.25, 0.3) is 0 Å². The molecule has 0 spiro atoms. The second kappa shape index (κ2) is 11.8. The molecule has 45 heavy (non-hydrogen) atoms. The molecule has 4 aromatic carbocycles. The lowest BCUT2D eigenvalue weighted by Crippen LogP contribution is -1.93. The van der Waals surface area contributed by atoms with Crippen molar-refractivity contribution in [2.45, 2.75) is 0 Å². The van der Waals surface area contributed by atoms with Crippen LogP contribution >= 0.6 is 0 Å². The van der Waals surface area contributed by atoms with Gasteiger partial charge in [0.1, 0.15) is 17.2 Å².